The lowest BCUT2D eigenvalue weighted by Crippen LogP contribution is -2.49. The topological polar surface area (TPSA) is 87.7 Å². The number of aliphatic hydroxyl groups is 1. The fourth-order valence-electron chi connectivity index (χ4n) is 1.82. The summed E-state index contributed by atoms with van der Waals surface area (Å²) in [6.07, 6.45) is 0.402. The third kappa shape index (κ3) is 5.93. The largest absolute Gasteiger partial charge is 0.396 e. The number of aliphatic hydroxyl groups excluding tert-OH is 1. The van der Waals surface area contributed by atoms with Gasteiger partial charge in [-0.2, -0.15) is 0 Å². The number of carbonyl (C=O) groups excluding carboxylic acids is 2. The molecule has 0 aliphatic carbocycles. The van der Waals surface area contributed by atoms with Crippen LogP contribution >= 0.6 is 0 Å². The van der Waals surface area contributed by atoms with E-state index in [9.17, 15) is 9.59 Å². The van der Waals surface area contributed by atoms with Gasteiger partial charge in [0.1, 0.15) is 6.04 Å². The highest BCUT2D eigenvalue weighted by molar-refractivity contribution is 5.97. The molecule has 6 heteroatoms. The van der Waals surface area contributed by atoms with Crippen LogP contribution in [-0.4, -0.2) is 49.3 Å². The van der Waals surface area contributed by atoms with E-state index >= 15 is 0 Å². The van der Waals surface area contributed by atoms with Gasteiger partial charge in [0.2, 0.25) is 5.91 Å². The molecule has 0 aliphatic heterocycles. The third-order valence-electron chi connectivity index (χ3n) is 2.97. The summed E-state index contributed by atoms with van der Waals surface area (Å²) in [5.74, 6) is -0.613. The van der Waals surface area contributed by atoms with Crippen LogP contribution in [0.15, 0.2) is 30.3 Å². The summed E-state index contributed by atoms with van der Waals surface area (Å²) in [4.78, 5) is 23.9. The SMILES string of the molecule is COCC(CCO)NC(=O)C(C)NC(=O)c1ccccc1. The first-order chi connectivity index (χ1) is 10.1. The fraction of sp³-hybridized carbons (Fsp3) is 0.467. The Morgan fingerprint density at radius 1 is 1.24 bits per heavy atom. The van der Waals surface area contributed by atoms with Crippen molar-refractivity contribution in [1.82, 2.24) is 10.6 Å². The molecule has 21 heavy (non-hydrogen) atoms. The minimum absolute atomic E-state index is 0.0426. The van der Waals surface area contributed by atoms with Gasteiger partial charge < -0.3 is 20.5 Å². The van der Waals surface area contributed by atoms with Crippen molar-refractivity contribution in [2.75, 3.05) is 20.3 Å². The van der Waals surface area contributed by atoms with E-state index < -0.39 is 6.04 Å². The van der Waals surface area contributed by atoms with E-state index in [1.807, 2.05) is 6.07 Å². The van der Waals surface area contributed by atoms with Crippen molar-refractivity contribution in [2.24, 2.45) is 0 Å². The van der Waals surface area contributed by atoms with Crippen LogP contribution in [0.1, 0.15) is 23.7 Å². The Bertz CT molecular complexity index is 444. The van der Waals surface area contributed by atoms with Crippen LogP contribution < -0.4 is 10.6 Å². The fourth-order valence-corrected chi connectivity index (χ4v) is 1.82. The smallest absolute Gasteiger partial charge is 0.251 e. The van der Waals surface area contributed by atoms with Gasteiger partial charge in [0.05, 0.1) is 12.6 Å². The van der Waals surface area contributed by atoms with Gasteiger partial charge in [0, 0.05) is 19.3 Å². The standard InChI is InChI=1S/C15H22N2O4/c1-11(14(19)17-13(8-9-18)10-21-2)16-15(20)12-6-4-3-5-7-12/h3-7,11,13,18H,8-10H2,1-2H3,(H,16,20)(H,17,19). The highest BCUT2D eigenvalue weighted by Gasteiger charge is 2.19. The Kier molecular flexibility index (Phi) is 7.42. The molecule has 0 bridgehead atoms. The van der Waals surface area contributed by atoms with Gasteiger partial charge in [0.25, 0.3) is 5.91 Å². The summed E-state index contributed by atoms with van der Waals surface area (Å²) in [6, 6.07) is 7.75. The summed E-state index contributed by atoms with van der Waals surface area (Å²) >= 11 is 0. The number of hydrogen-bond donors (Lipinski definition) is 3. The van der Waals surface area contributed by atoms with Crippen LogP contribution in [-0.2, 0) is 9.53 Å². The molecule has 0 aromatic heterocycles. The first kappa shape index (κ1) is 17.1. The summed E-state index contributed by atoms with van der Waals surface area (Å²) < 4.78 is 4.97. The number of rotatable bonds is 8. The van der Waals surface area contributed by atoms with E-state index in [1.54, 1.807) is 31.2 Å². The van der Waals surface area contributed by atoms with Crippen molar-refractivity contribution in [1.29, 1.82) is 0 Å². The molecule has 2 amide bonds. The van der Waals surface area contributed by atoms with Crippen molar-refractivity contribution in [3.05, 3.63) is 35.9 Å². The average molecular weight is 294 g/mol. The Balaban J connectivity index is 2.52. The Labute approximate surface area is 124 Å². The third-order valence-corrected chi connectivity index (χ3v) is 2.97. The lowest BCUT2D eigenvalue weighted by atomic mass is 10.2. The summed E-state index contributed by atoms with van der Waals surface area (Å²) in [5, 5.41) is 14.3. The maximum atomic E-state index is 12.0. The molecule has 116 valence electrons. The van der Waals surface area contributed by atoms with E-state index in [4.69, 9.17) is 9.84 Å². The first-order valence-corrected chi connectivity index (χ1v) is 6.84. The lowest BCUT2D eigenvalue weighted by molar-refractivity contribution is -0.123. The van der Waals surface area contributed by atoms with Gasteiger partial charge in [-0.05, 0) is 25.5 Å². The molecule has 1 aromatic rings. The maximum Gasteiger partial charge on any atom is 0.251 e. The molecule has 3 N–H and O–H groups in total. The van der Waals surface area contributed by atoms with E-state index in [-0.39, 0.29) is 24.5 Å². The van der Waals surface area contributed by atoms with Gasteiger partial charge >= 0.3 is 0 Å². The molecule has 0 spiro atoms. The minimum Gasteiger partial charge on any atom is -0.396 e. The Morgan fingerprint density at radius 2 is 1.90 bits per heavy atom. The number of nitrogens with one attached hydrogen (secondary N) is 2. The normalized spacial score (nSPS) is 13.3. The quantitative estimate of drug-likeness (QED) is 0.644. The molecular weight excluding hydrogens is 272 g/mol. The van der Waals surface area contributed by atoms with Crippen molar-refractivity contribution in [3.8, 4) is 0 Å². The molecule has 0 fully saturated rings. The molecule has 1 rings (SSSR count). The lowest BCUT2D eigenvalue weighted by Gasteiger charge is -2.20. The number of hydrogen-bond acceptors (Lipinski definition) is 4. The van der Waals surface area contributed by atoms with Crippen molar-refractivity contribution in [2.45, 2.75) is 25.4 Å². The first-order valence-electron chi connectivity index (χ1n) is 6.84. The number of carbonyl (C=O) groups is 2. The summed E-state index contributed by atoms with van der Waals surface area (Å²) in [6.45, 7) is 1.88. The van der Waals surface area contributed by atoms with E-state index in [0.29, 0.717) is 18.6 Å². The van der Waals surface area contributed by atoms with Crippen LogP contribution in [0.5, 0.6) is 0 Å². The minimum atomic E-state index is -0.671. The second-order valence-electron chi connectivity index (χ2n) is 4.73. The second-order valence-corrected chi connectivity index (χ2v) is 4.73. The number of amides is 2. The van der Waals surface area contributed by atoms with Crippen molar-refractivity contribution in [3.63, 3.8) is 0 Å². The summed E-state index contributed by atoms with van der Waals surface area (Å²) in [5.41, 5.74) is 0.501. The maximum absolute atomic E-state index is 12.0. The molecule has 0 heterocycles. The van der Waals surface area contributed by atoms with Crippen LogP contribution in [0.4, 0.5) is 0 Å². The van der Waals surface area contributed by atoms with E-state index in [2.05, 4.69) is 10.6 Å². The van der Waals surface area contributed by atoms with Crippen LogP contribution in [0.25, 0.3) is 0 Å². The monoisotopic (exact) mass is 294 g/mol. The molecule has 0 aliphatic rings. The van der Waals surface area contributed by atoms with E-state index in [0.717, 1.165) is 0 Å². The molecule has 1 aromatic carbocycles. The number of methoxy groups -OCH3 is 1. The zero-order valence-electron chi connectivity index (χ0n) is 12.3. The predicted octanol–water partition coefficient (Wildman–Crippen LogP) is 0.319. The molecule has 2 unspecified atom stereocenters. The van der Waals surface area contributed by atoms with E-state index in [1.165, 1.54) is 7.11 Å². The van der Waals surface area contributed by atoms with Crippen molar-refractivity contribution >= 4 is 11.8 Å². The summed E-state index contributed by atoms with van der Waals surface area (Å²) in [7, 11) is 1.52. The Morgan fingerprint density at radius 3 is 2.48 bits per heavy atom. The van der Waals surface area contributed by atoms with Gasteiger partial charge in [-0.25, -0.2) is 0 Å². The highest BCUT2D eigenvalue weighted by Crippen LogP contribution is 1.99. The Hall–Kier alpha value is -1.92. The molecule has 0 radical (unpaired) electrons. The highest BCUT2D eigenvalue weighted by atomic mass is 16.5. The molecular formula is C15H22N2O4. The van der Waals surface area contributed by atoms with Gasteiger partial charge in [-0.1, -0.05) is 18.2 Å². The number of benzene rings is 1. The van der Waals surface area contributed by atoms with Gasteiger partial charge in [0.15, 0.2) is 0 Å². The molecule has 2 atom stereocenters. The molecule has 0 saturated carbocycles. The zero-order chi connectivity index (χ0) is 15.7. The predicted molar refractivity (Wildman–Crippen MR) is 78.9 cm³/mol. The van der Waals surface area contributed by atoms with Crippen LogP contribution in [0.2, 0.25) is 0 Å². The van der Waals surface area contributed by atoms with Crippen LogP contribution in [0, 0.1) is 0 Å². The van der Waals surface area contributed by atoms with Crippen molar-refractivity contribution < 1.29 is 19.4 Å². The molecule has 0 saturated heterocycles. The van der Waals surface area contributed by atoms with Gasteiger partial charge in [-0.3, -0.25) is 9.59 Å². The zero-order valence-corrected chi connectivity index (χ0v) is 12.3. The van der Waals surface area contributed by atoms with Crippen LogP contribution in [0.3, 0.4) is 0 Å². The van der Waals surface area contributed by atoms with Gasteiger partial charge in [-0.15, -0.1) is 0 Å². The molecule has 6 nitrogen and oxygen atoms in total. The number of ether oxygens (including phenoxy) is 1. The second kappa shape index (κ2) is 9.10. The average Bonchev–Trinajstić information content (AvgIpc) is 2.48.